The molecule has 0 saturated heterocycles. The van der Waals surface area contributed by atoms with Gasteiger partial charge < -0.3 is 4.74 Å². The fraction of sp³-hybridized carbons (Fsp3) is 0.500. The van der Waals surface area contributed by atoms with Crippen LogP contribution in [0.3, 0.4) is 0 Å². The summed E-state index contributed by atoms with van der Waals surface area (Å²) in [5, 5.41) is 0. The van der Waals surface area contributed by atoms with Gasteiger partial charge in [-0.25, -0.2) is 0 Å². The topological polar surface area (TPSA) is 26.3 Å². The SMILES string of the molecule is COC(=O)C(CC(C)(C)C)c1ccccc1. The highest BCUT2D eigenvalue weighted by Crippen LogP contribution is 2.31. The van der Waals surface area contributed by atoms with Gasteiger partial charge in [-0.15, -0.1) is 0 Å². The van der Waals surface area contributed by atoms with E-state index in [9.17, 15) is 4.79 Å². The molecule has 0 aliphatic rings. The fourth-order valence-electron chi connectivity index (χ4n) is 1.78. The summed E-state index contributed by atoms with van der Waals surface area (Å²) in [4.78, 5) is 11.8. The van der Waals surface area contributed by atoms with E-state index in [0.29, 0.717) is 0 Å². The van der Waals surface area contributed by atoms with E-state index >= 15 is 0 Å². The van der Waals surface area contributed by atoms with Crippen molar-refractivity contribution >= 4 is 5.97 Å². The summed E-state index contributed by atoms with van der Waals surface area (Å²) in [5.41, 5.74) is 1.14. The zero-order valence-corrected chi connectivity index (χ0v) is 10.5. The Balaban J connectivity index is 2.93. The minimum Gasteiger partial charge on any atom is -0.469 e. The number of carbonyl (C=O) groups is 1. The molecule has 0 bridgehead atoms. The summed E-state index contributed by atoms with van der Waals surface area (Å²) in [6.07, 6.45) is 0.795. The maximum absolute atomic E-state index is 11.8. The number of carbonyl (C=O) groups excluding carboxylic acids is 1. The lowest BCUT2D eigenvalue weighted by molar-refractivity contribution is -0.143. The summed E-state index contributed by atoms with van der Waals surface area (Å²) in [6.45, 7) is 6.39. The smallest absolute Gasteiger partial charge is 0.313 e. The van der Waals surface area contributed by atoms with E-state index in [2.05, 4.69) is 20.8 Å². The maximum atomic E-state index is 11.8. The second-order valence-corrected chi connectivity index (χ2v) is 5.25. The Morgan fingerprint density at radius 2 is 1.81 bits per heavy atom. The number of esters is 1. The van der Waals surface area contributed by atoms with Crippen molar-refractivity contribution in [2.45, 2.75) is 33.1 Å². The van der Waals surface area contributed by atoms with Crippen LogP contribution in [-0.4, -0.2) is 13.1 Å². The highest BCUT2D eigenvalue weighted by Gasteiger charge is 2.26. The van der Waals surface area contributed by atoms with Crippen LogP contribution in [0.25, 0.3) is 0 Å². The van der Waals surface area contributed by atoms with Gasteiger partial charge in [-0.05, 0) is 17.4 Å². The Hall–Kier alpha value is -1.31. The van der Waals surface area contributed by atoms with E-state index in [1.165, 1.54) is 7.11 Å². The Bertz CT molecular complexity index is 336. The Morgan fingerprint density at radius 3 is 2.25 bits per heavy atom. The number of ether oxygens (including phenoxy) is 1. The van der Waals surface area contributed by atoms with Crippen molar-refractivity contribution in [3.8, 4) is 0 Å². The van der Waals surface area contributed by atoms with Crippen LogP contribution in [-0.2, 0) is 9.53 Å². The van der Waals surface area contributed by atoms with Crippen molar-refractivity contribution in [3.63, 3.8) is 0 Å². The lowest BCUT2D eigenvalue weighted by atomic mass is 9.81. The van der Waals surface area contributed by atoms with Crippen LogP contribution in [0.5, 0.6) is 0 Å². The standard InChI is InChI=1S/C14H20O2/c1-14(2,3)10-12(13(15)16-4)11-8-6-5-7-9-11/h5-9,12H,10H2,1-4H3. The fourth-order valence-corrected chi connectivity index (χ4v) is 1.78. The van der Waals surface area contributed by atoms with Crippen LogP contribution in [0.2, 0.25) is 0 Å². The second kappa shape index (κ2) is 5.15. The molecule has 16 heavy (non-hydrogen) atoms. The van der Waals surface area contributed by atoms with Gasteiger partial charge in [-0.3, -0.25) is 4.79 Å². The predicted molar refractivity (Wildman–Crippen MR) is 65.3 cm³/mol. The highest BCUT2D eigenvalue weighted by atomic mass is 16.5. The Kier molecular flexibility index (Phi) is 4.11. The van der Waals surface area contributed by atoms with Crippen LogP contribution in [0.4, 0.5) is 0 Å². The third-order valence-electron chi connectivity index (χ3n) is 2.50. The number of hydrogen-bond donors (Lipinski definition) is 0. The minimum absolute atomic E-state index is 0.106. The van der Waals surface area contributed by atoms with Crippen LogP contribution < -0.4 is 0 Å². The van der Waals surface area contributed by atoms with Crippen molar-refractivity contribution in [2.24, 2.45) is 5.41 Å². The molecule has 1 aromatic carbocycles. The molecule has 1 unspecified atom stereocenters. The quantitative estimate of drug-likeness (QED) is 0.730. The molecule has 2 heteroatoms. The summed E-state index contributed by atoms with van der Waals surface area (Å²) >= 11 is 0. The molecule has 1 rings (SSSR count). The van der Waals surface area contributed by atoms with Gasteiger partial charge >= 0.3 is 5.97 Å². The molecular weight excluding hydrogens is 200 g/mol. The Labute approximate surface area is 97.6 Å². The molecule has 0 saturated carbocycles. The molecule has 0 fully saturated rings. The molecule has 0 aliphatic heterocycles. The van der Waals surface area contributed by atoms with Gasteiger partial charge in [0.25, 0.3) is 0 Å². The lowest BCUT2D eigenvalue weighted by Gasteiger charge is -2.24. The van der Waals surface area contributed by atoms with Gasteiger partial charge in [-0.1, -0.05) is 51.1 Å². The van der Waals surface area contributed by atoms with E-state index in [4.69, 9.17) is 4.74 Å². The van der Waals surface area contributed by atoms with Crippen LogP contribution in [0.1, 0.15) is 38.7 Å². The zero-order valence-electron chi connectivity index (χ0n) is 10.5. The van der Waals surface area contributed by atoms with Crippen molar-refractivity contribution in [3.05, 3.63) is 35.9 Å². The van der Waals surface area contributed by atoms with Gasteiger partial charge in [0.05, 0.1) is 13.0 Å². The van der Waals surface area contributed by atoms with Crippen molar-refractivity contribution < 1.29 is 9.53 Å². The summed E-state index contributed by atoms with van der Waals surface area (Å²) < 4.78 is 4.87. The number of benzene rings is 1. The number of methoxy groups -OCH3 is 1. The highest BCUT2D eigenvalue weighted by molar-refractivity contribution is 5.78. The molecule has 0 aromatic heterocycles. The molecule has 0 spiro atoms. The van der Waals surface area contributed by atoms with E-state index in [1.807, 2.05) is 30.3 Å². The van der Waals surface area contributed by atoms with Crippen molar-refractivity contribution in [1.82, 2.24) is 0 Å². The normalized spacial score (nSPS) is 13.2. The Morgan fingerprint density at radius 1 is 1.25 bits per heavy atom. The molecule has 0 amide bonds. The van der Waals surface area contributed by atoms with Gasteiger partial charge in [0.2, 0.25) is 0 Å². The van der Waals surface area contributed by atoms with E-state index < -0.39 is 0 Å². The van der Waals surface area contributed by atoms with Gasteiger partial charge in [0, 0.05) is 0 Å². The molecule has 0 heterocycles. The van der Waals surface area contributed by atoms with Crippen molar-refractivity contribution in [2.75, 3.05) is 7.11 Å². The van der Waals surface area contributed by atoms with Crippen LogP contribution in [0, 0.1) is 5.41 Å². The average Bonchev–Trinajstić information content (AvgIpc) is 2.25. The monoisotopic (exact) mass is 220 g/mol. The third-order valence-corrected chi connectivity index (χ3v) is 2.50. The van der Waals surface area contributed by atoms with Gasteiger partial charge in [0.1, 0.15) is 0 Å². The first-order valence-electron chi connectivity index (χ1n) is 5.57. The number of hydrogen-bond acceptors (Lipinski definition) is 2. The first kappa shape index (κ1) is 12.8. The van der Waals surface area contributed by atoms with Gasteiger partial charge in [0.15, 0.2) is 0 Å². The predicted octanol–water partition coefficient (Wildman–Crippen LogP) is 3.38. The van der Waals surface area contributed by atoms with Crippen molar-refractivity contribution in [1.29, 1.82) is 0 Å². The van der Waals surface area contributed by atoms with Gasteiger partial charge in [-0.2, -0.15) is 0 Å². The summed E-state index contributed by atoms with van der Waals surface area (Å²) in [7, 11) is 1.45. The van der Waals surface area contributed by atoms with Crippen LogP contribution >= 0.6 is 0 Å². The van der Waals surface area contributed by atoms with Crippen LogP contribution in [0.15, 0.2) is 30.3 Å². The maximum Gasteiger partial charge on any atom is 0.313 e. The average molecular weight is 220 g/mol. The molecule has 88 valence electrons. The second-order valence-electron chi connectivity index (χ2n) is 5.25. The molecule has 0 aliphatic carbocycles. The summed E-state index contributed by atoms with van der Waals surface area (Å²) in [5.74, 6) is -0.313. The molecule has 2 nitrogen and oxygen atoms in total. The zero-order chi connectivity index (χ0) is 12.2. The molecule has 1 aromatic rings. The third kappa shape index (κ3) is 3.69. The molecular formula is C14H20O2. The first-order chi connectivity index (χ1) is 7.44. The van der Waals surface area contributed by atoms with E-state index in [1.54, 1.807) is 0 Å². The van der Waals surface area contributed by atoms with E-state index in [0.717, 1.165) is 12.0 Å². The number of rotatable bonds is 3. The molecule has 0 radical (unpaired) electrons. The molecule has 1 atom stereocenters. The largest absolute Gasteiger partial charge is 0.469 e. The first-order valence-corrected chi connectivity index (χ1v) is 5.57. The molecule has 0 N–H and O–H groups in total. The minimum atomic E-state index is -0.161. The van der Waals surface area contributed by atoms with E-state index in [-0.39, 0.29) is 17.3 Å². The summed E-state index contributed by atoms with van der Waals surface area (Å²) in [6, 6.07) is 9.82. The lowest BCUT2D eigenvalue weighted by Crippen LogP contribution is -2.20.